The average Bonchev–Trinajstić information content (AvgIpc) is 2.41. The van der Waals surface area contributed by atoms with Gasteiger partial charge in [0.05, 0.1) is 0 Å². The van der Waals surface area contributed by atoms with Gasteiger partial charge in [-0.05, 0) is 56.0 Å². The Labute approximate surface area is 118 Å². The van der Waals surface area contributed by atoms with E-state index >= 15 is 0 Å². The van der Waals surface area contributed by atoms with Crippen LogP contribution >= 0.6 is 0 Å². The van der Waals surface area contributed by atoms with Crippen molar-refractivity contribution in [1.82, 2.24) is 5.32 Å². The van der Waals surface area contributed by atoms with Gasteiger partial charge in [0.15, 0.2) is 0 Å². The Kier molecular flexibility index (Phi) is 4.87. The monoisotopic (exact) mass is 260 g/mol. The maximum Gasteiger partial charge on any atom is 0.0369 e. The van der Waals surface area contributed by atoms with Gasteiger partial charge >= 0.3 is 0 Å². The number of nitrogens with zero attached hydrogens (tertiary/aromatic N) is 1. The number of rotatable bonds is 4. The Morgan fingerprint density at radius 2 is 2.00 bits per heavy atom. The highest BCUT2D eigenvalue weighted by molar-refractivity contribution is 5.51. The molecule has 0 radical (unpaired) electrons. The lowest BCUT2D eigenvalue weighted by Crippen LogP contribution is -2.39. The molecule has 2 heteroatoms. The standard InChI is InChI=1S/C17H28N2/c1-13-7-5-6-8-17(13)19(4)16-10-9-15(12-18-3)14(2)11-16/h9-11,13,17-18H,5-8,12H2,1-4H3. The molecule has 0 aliphatic heterocycles. The van der Waals surface area contributed by atoms with Gasteiger partial charge in [-0.25, -0.2) is 0 Å². The van der Waals surface area contributed by atoms with Gasteiger partial charge in [-0.1, -0.05) is 25.8 Å². The van der Waals surface area contributed by atoms with Crippen LogP contribution in [0.25, 0.3) is 0 Å². The molecule has 0 heterocycles. The number of hydrogen-bond donors (Lipinski definition) is 1. The summed E-state index contributed by atoms with van der Waals surface area (Å²) in [4.78, 5) is 2.50. The molecule has 1 aromatic rings. The Hall–Kier alpha value is -1.02. The SMILES string of the molecule is CNCc1ccc(N(C)C2CCCCC2C)cc1C. The van der Waals surface area contributed by atoms with Gasteiger partial charge in [-0.2, -0.15) is 0 Å². The Morgan fingerprint density at radius 1 is 1.26 bits per heavy atom. The van der Waals surface area contributed by atoms with Gasteiger partial charge in [-0.3, -0.25) is 0 Å². The summed E-state index contributed by atoms with van der Waals surface area (Å²) in [7, 11) is 4.27. The second kappa shape index (κ2) is 6.42. The van der Waals surface area contributed by atoms with E-state index in [9.17, 15) is 0 Å². The Bertz CT molecular complexity index is 414. The van der Waals surface area contributed by atoms with Gasteiger partial charge in [0.1, 0.15) is 0 Å². The summed E-state index contributed by atoms with van der Waals surface area (Å²) >= 11 is 0. The molecule has 106 valence electrons. The molecule has 0 aromatic heterocycles. The third-order valence-electron chi connectivity index (χ3n) is 4.66. The molecular formula is C17H28N2. The minimum atomic E-state index is 0.711. The first-order valence-electron chi connectivity index (χ1n) is 7.60. The van der Waals surface area contributed by atoms with Gasteiger partial charge in [0.25, 0.3) is 0 Å². The first kappa shape index (κ1) is 14.4. The van der Waals surface area contributed by atoms with Gasteiger partial charge in [-0.15, -0.1) is 0 Å². The fraction of sp³-hybridized carbons (Fsp3) is 0.647. The first-order valence-corrected chi connectivity index (χ1v) is 7.60. The third kappa shape index (κ3) is 3.30. The molecule has 0 amide bonds. The highest BCUT2D eigenvalue weighted by Gasteiger charge is 2.25. The smallest absolute Gasteiger partial charge is 0.0369 e. The van der Waals surface area contributed by atoms with Crippen LogP contribution in [0.4, 0.5) is 5.69 Å². The molecule has 0 saturated heterocycles. The van der Waals surface area contributed by atoms with Crippen molar-refractivity contribution in [3.63, 3.8) is 0 Å². The minimum absolute atomic E-state index is 0.711. The van der Waals surface area contributed by atoms with Gasteiger partial charge < -0.3 is 10.2 Å². The summed E-state index contributed by atoms with van der Waals surface area (Å²) < 4.78 is 0. The van der Waals surface area contributed by atoms with Gasteiger partial charge in [0.2, 0.25) is 0 Å². The number of hydrogen-bond acceptors (Lipinski definition) is 2. The molecule has 1 aliphatic carbocycles. The molecule has 2 unspecified atom stereocenters. The third-order valence-corrected chi connectivity index (χ3v) is 4.66. The van der Waals surface area contributed by atoms with E-state index in [1.54, 1.807) is 0 Å². The Balaban J connectivity index is 2.14. The first-order chi connectivity index (χ1) is 9.13. The molecule has 2 atom stereocenters. The maximum atomic E-state index is 3.23. The van der Waals surface area contributed by atoms with E-state index in [4.69, 9.17) is 0 Å². The molecule has 1 saturated carbocycles. The topological polar surface area (TPSA) is 15.3 Å². The van der Waals surface area contributed by atoms with Crippen LogP contribution in [0.3, 0.4) is 0 Å². The van der Waals surface area contributed by atoms with Gasteiger partial charge in [0, 0.05) is 25.3 Å². The van der Waals surface area contributed by atoms with Crippen molar-refractivity contribution < 1.29 is 0 Å². The summed E-state index contributed by atoms with van der Waals surface area (Å²) in [6, 6.07) is 7.60. The normalized spacial score (nSPS) is 23.4. The van der Waals surface area contributed by atoms with Crippen molar-refractivity contribution >= 4 is 5.69 Å². The van der Waals surface area contributed by atoms with Crippen molar-refractivity contribution in [1.29, 1.82) is 0 Å². The quantitative estimate of drug-likeness (QED) is 0.887. The van der Waals surface area contributed by atoms with E-state index in [2.05, 4.69) is 49.3 Å². The highest BCUT2D eigenvalue weighted by Crippen LogP contribution is 2.31. The molecule has 1 fully saturated rings. The van der Waals surface area contributed by atoms with E-state index in [-0.39, 0.29) is 0 Å². The zero-order valence-corrected chi connectivity index (χ0v) is 12.9. The molecular weight excluding hydrogens is 232 g/mol. The second-order valence-electron chi connectivity index (χ2n) is 6.08. The summed E-state index contributed by atoms with van der Waals surface area (Å²) in [5.74, 6) is 0.816. The molecule has 2 rings (SSSR count). The lowest BCUT2D eigenvalue weighted by atomic mass is 9.85. The molecule has 0 spiro atoms. The number of nitrogens with one attached hydrogen (secondary N) is 1. The number of anilines is 1. The molecule has 1 aliphatic rings. The Morgan fingerprint density at radius 3 is 2.63 bits per heavy atom. The summed E-state index contributed by atoms with van der Waals surface area (Å²) in [6.45, 7) is 5.58. The predicted molar refractivity (Wildman–Crippen MR) is 83.8 cm³/mol. The second-order valence-corrected chi connectivity index (χ2v) is 6.08. The largest absolute Gasteiger partial charge is 0.371 e. The van der Waals surface area contributed by atoms with Crippen LogP contribution in [-0.2, 0) is 6.54 Å². The van der Waals surface area contributed by atoms with Crippen molar-refractivity contribution in [2.24, 2.45) is 5.92 Å². The fourth-order valence-corrected chi connectivity index (χ4v) is 3.35. The molecule has 1 N–H and O–H groups in total. The molecule has 1 aromatic carbocycles. The summed E-state index contributed by atoms with van der Waals surface area (Å²) in [6.07, 6.45) is 5.52. The van der Waals surface area contributed by atoms with Crippen molar-refractivity contribution in [3.8, 4) is 0 Å². The van der Waals surface area contributed by atoms with Crippen LogP contribution in [0.2, 0.25) is 0 Å². The summed E-state index contributed by atoms with van der Waals surface area (Å²) in [5, 5.41) is 3.23. The number of aryl methyl sites for hydroxylation is 1. The fourth-order valence-electron chi connectivity index (χ4n) is 3.35. The summed E-state index contributed by atoms with van der Waals surface area (Å²) in [5.41, 5.74) is 4.16. The van der Waals surface area contributed by atoms with E-state index in [1.165, 1.54) is 42.5 Å². The lowest BCUT2D eigenvalue weighted by molar-refractivity contribution is 0.321. The molecule has 0 bridgehead atoms. The molecule has 19 heavy (non-hydrogen) atoms. The van der Waals surface area contributed by atoms with Crippen molar-refractivity contribution in [2.45, 2.75) is 52.1 Å². The van der Waals surface area contributed by atoms with Crippen LogP contribution in [0, 0.1) is 12.8 Å². The zero-order valence-electron chi connectivity index (χ0n) is 12.9. The minimum Gasteiger partial charge on any atom is -0.371 e. The van der Waals surface area contributed by atoms with E-state index in [0.717, 1.165) is 12.5 Å². The average molecular weight is 260 g/mol. The van der Waals surface area contributed by atoms with Crippen molar-refractivity contribution in [3.05, 3.63) is 29.3 Å². The van der Waals surface area contributed by atoms with Crippen LogP contribution in [0.5, 0.6) is 0 Å². The zero-order chi connectivity index (χ0) is 13.8. The maximum absolute atomic E-state index is 3.23. The van der Waals surface area contributed by atoms with Crippen LogP contribution < -0.4 is 10.2 Å². The van der Waals surface area contributed by atoms with Crippen LogP contribution in [0.1, 0.15) is 43.7 Å². The van der Waals surface area contributed by atoms with E-state index in [0.29, 0.717) is 6.04 Å². The van der Waals surface area contributed by atoms with Crippen LogP contribution in [0.15, 0.2) is 18.2 Å². The van der Waals surface area contributed by atoms with Crippen LogP contribution in [-0.4, -0.2) is 20.1 Å². The predicted octanol–water partition coefficient (Wildman–Crippen LogP) is 3.73. The number of benzene rings is 1. The van der Waals surface area contributed by atoms with E-state index in [1.807, 2.05) is 7.05 Å². The van der Waals surface area contributed by atoms with Crippen molar-refractivity contribution in [2.75, 3.05) is 19.0 Å². The lowest BCUT2D eigenvalue weighted by Gasteiger charge is -2.38. The molecule has 2 nitrogen and oxygen atoms in total. The highest BCUT2D eigenvalue weighted by atomic mass is 15.1. The van der Waals surface area contributed by atoms with E-state index < -0.39 is 0 Å².